The van der Waals surface area contributed by atoms with Gasteiger partial charge in [0.05, 0.1) is 22.2 Å². The first-order chi connectivity index (χ1) is 7.48. The summed E-state index contributed by atoms with van der Waals surface area (Å²) in [5.74, 6) is 0.899. The molecule has 4 nitrogen and oxygen atoms in total. The molecule has 0 spiro atoms. The van der Waals surface area contributed by atoms with Crippen LogP contribution in [0.4, 0.5) is 0 Å². The molecule has 0 amide bonds. The monoisotopic (exact) mass is 260 g/mol. The van der Waals surface area contributed by atoms with Crippen LogP contribution in [0.15, 0.2) is 5.38 Å². The van der Waals surface area contributed by atoms with Crippen LogP contribution in [0.1, 0.15) is 42.4 Å². The minimum atomic E-state index is -2.78. The molecule has 6 heteroatoms. The van der Waals surface area contributed by atoms with Crippen molar-refractivity contribution in [3.63, 3.8) is 0 Å². The van der Waals surface area contributed by atoms with Crippen molar-refractivity contribution in [1.82, 2.24) is 4.98 Å². The quantitative estimate of drug-likeness (QED) is 0.873. The van der Waals surface area contributed by atoms with E-state index in [0.717, 1.165) is 10.7 Å². The molecule has 0 aromatic carbocycles. The van der Waals surface area contributed by atoms with Crippen LogP contribution in [0.3, 0.4) is 0 Å². The van der Waals surface area contributed by atoms with E-state index in [2.05, 4.69) is 4.98 Å². The number of sulfone groups is 1. The topological polar surface area (TPSA) is 73.1 Å². The van der Waals surface area contributed by atoms with Gasteiger partial charge in [-0.15, -0.1) is 11.3 Å². The third kappa shape index (κ3) is 2.61. The van der Waals surface area contributed by atoms with E-state index in [1.807, 2.05) is 12.3 Å². The number of nitrogens with zero attached hydrogens (tertiary/aromatic N) is 1. The Morgan fingerprint density at radius 2 is 2.12 bits per heavy atom. The standard InChI is InChI=1S/C10H16N2O2S2/c1-7(11)9-6-15-10(12-9)8-2-4-16(13,14)5-3-8/h6-8H,2-5,11H2,1H3. The van der Waals surface area contributed by atoms with Gasteiger partial charge in [-0.3, -0.25) is 0 Å². The van der Waals surface area contributed by atoms with E-state index in [1.54, 1.807) is 11.3 Å². The average molecular weight is 260 g/mol. The summed E-state index contributed by atoms with van der Waals surface area (Å²) in [5, 5.41) is 3.02. The van der Waals surface area contributed by atoms with Crippen molar-refractivity contribution in [2.75, 3.05) is 11.5 Å². The van der Waals surface area contributed by atoms with E-state index in [-0.39, 0.29) is 6.04 Å². The van der Waals surface area contributed by atoms with Crippen LogP contribution in [-0.2, 0) is 9.84 Å². The normalized spacial score (nSPS) is 23.1. The van der Waals surface area contributed by atoms with E-state index < -0.39 is 9.84 Å². The summed E-state index contributed by atoms with van der Waals surface area (Å²) < 4.78 is 22.6. The Hall–Kier alpha value is -0.460. The molecule has 1 aromatic rings. The summed E-state index contributed by atoms with van der Waals surface area (Å²) in [7, 11) is -2.78. The number of hydrogen-bond donors (Lipinski definition) is 1. The Balaban J connectivity index is 2.08. The average Bonchev–Trinajstić information content (AvgIpc) is 2.66. The van der Waals surface area contributed by atoms with Crippen LogP contribution in [0.25, 0.3) is 0 Å². The van der Waals surface area contributed by atoms with Gasteiger partial charge in [-0.1, -0.05) is 0 Å². The highest BCUT2D eigenvalue weighted by atomic mass is 32.2. The smallest absolute Gasteiger partial charge is 0.150 e. The summed E-state index contributed by atoms with van der Waals surface area (Å²) in [4.78, 5) is 4.48. The zero-order valence-corrected chi connectivity index (χ0v) is 10.9. The molecule has 2 N–H and O–H groups in total. The van der Waals surface area contributed by atoms with Crippen LogP contribution in [0, 0.1) is 0 Å². The third-order valence-corrected chi connectivity index (χ3v) is 5.65. The van der Waals surface area contributed by atoms with Crippen molar-refractivity contribution in [3.05, 3.63) is 16.1 Å². The van der Waals surface area contributed by atoms with Crippen LogP contribution in [0.2, 0.25) is 0 Å². The second-order valence-corrected chi connectivity index (χ2v) is 7.52. The molecule has 0 saturated carbocycles. The lowest BCUT2D eigenvalue weighted by molar-refractivity contribution is 0.548. The molecule has 1 unspecified atom stereocenters. The first-order valence-corrected chi connectivity index (χ1v) is 8.09. The fraction of sp³-hybridized carbons (Fsp3) is 0.700. The summed E-state index contributed by atoms with van der Waals surface area (Å²) in [6.07, 6.45) is 1.41. The molecule has 1 aliphatic rings. The lowest BCUT2D eigenvalue weighted by Crippen LogP contribution is -2.22. The van der Waals surface area contributed by atoms with E-state index in [4.69, 9.17) is 5.73 Å². The molecule has 1 aromatic heterocycles. The van der Waals surface area contributed by atoms with Crippen molar-refractivity contribution in [2.45, 2.75) is 31.7 Å². The second-order valence-electron chi connectivity index (χ2n) is 4.33. The molecule has 2 heterocycles. The molecule has 0 aliphatic carbocycles. The highest BCUT2D eigenvalue weighted by molar-refractivity contribution is 7.91. The van der Waals surface area contributed by atoms with Gasteiger partial charge in [0.2, 0.25) is 0 Å². The molecule has 1 aliphatic heterocycles. The molecule has 1 saturated heterocycles. The van der Waals surface area contributed by atoms with E-state index in [1.165, 1.54) is 0 Å². The molecular formula is C10H16N2O2S2. The Morgan fingerprint density at radius 3 is 2.62 bits per heavy atom. The van der Waals surface area contributed by atoms with Crippen LogP contribution < -0.4 is 5.73 Å². The summed E-state index contributed by atoms with van der Waals surface area (Å²) in [6.45, 7) is 1.91. The van der Waals surface area contributed by atoms with Crippen LogP contribution in [-0.4, -0.2) is 24.9 Å². The third-order valence-electron chi connectivity index (χ3n) is 2.91. The van der Waals surface area contributed by atoms with Gasteiger partial charge in [0.1, 0.15) is 9.84 Å². The largest absolute Gasteiger partial charge is 0.323 e. The van der Waals surface area contributed by atoms with E-state index >= 15 is 0 Å². The van der Waals surface area contributed by atoms with Crippen LogP contribution >= 0.6 is 11.3 Å². The Bertz CT molecular complexity index is 451. The number of rotatable bonds is 2. The Labute approximate surface area is 99.8 Å². The van der Waals surface area contributed by atoms with Gasteiger partial charge in [0, 0.05) is 17.3 Å². The fourth-order valence-electron chi connectivity index (χ4n) is 1.83. The van der Waals surface area contributed by atoms with E-state index in [0.29, 0.717) is 30.3 Å². The van der Waals surface area contributed by atoms with Gasteiger partial charge >= 0.3 is 0 Å². The van der Waals surface area contributed by atoms with Gasteiger partial charge < -0.3 is 5.73 Å². The van der Waals surface area contributed by atoms with Crippen molar-refractivity contribution in [1.29, 1.82) is 0 Å². The summed E-state index contributed by atoms with van der Waals surface area (Å²) >= 11 is 1.60. The zero-order valence-electron chi connectivity index (χ0n) is 9.22. The number of nitrogens with two attached hydrogens (primary N) is 1. The number of thiazole rings is 1. The van der Waals surface area contributed by atoms with Crippen molar-refractivity contribution >= 4 is 21.2 Å². The molecule has 1 fully saturated rings. The maximum Gasteiger partial charge on any atom is 0.150 e. The molecule has 0 bridgehead atoms. The molecule has 16 heavy (non-hydrogen) atoms. The van der Waals surface area contributed by atoms with Crippen LogP contribution in [0.5, 0.6) is 0 Å². The summed E-state index contributed by atoms with van der Waals surface area (Å²) in [6, 6.07) is -0.0441. The van der Waals surface area contributed by atoms with Crippen molar-refractivity contribution in [2.24, 2.45) is 5.73 Å². The van der Waals surface area contributed by atoms with Gasteiger partial charge in [0.15, 0.2) is 0 Å². The minimum Gasteiger partial charge on any atom is -0.323 e. The second kappa shape index (κ2) is 4.43. The fourth-order valence-corrected chi connectivity index (χ4v) is 4.42. The lowest BCUT2D eigenvalue weighted by Gasteiger charge is -2.19. The molecule has 2 rings (SSSR count). The van der Waals surface area contributed by atoms with Crippen molar-refractivity contribution < 1.29 is 8.42 Å². The van der Waals surface area contributed by atoms with E-state index in [9.17, 15) is 8.42 Å². The van der Waals surface area contributed by atoms with Gasteiger partial charge in [-0.2, -0.15) is 0 Å². The predicted octanol–water partition coefficient (Wildman–Crippen LogP) is 1.46. The maximum atomic E-state index is 11.3. The Morgan fingerprint density at radius 1 is 1.50 bits per heavy atom. The maximum absolute atomic E-state index is 11.3. The van der Waals surface area contributed by atoms with Gasteiger partial charge in [0.25, 0.3) is 0 Å². The SMILES string of the molecule is CC(N)c1csc(C2CCS(=O)(=O)CC2)n1. The Kier molecular flexibility index (Phi) is 3.32. The predicted molar refractivity (Wildman–Crippen MR) is 65.3 cm³/mol. The number of hydrogen-bond acceptors (Lipinski definition) is 5. The van der Waals surface area contributed by atoms with Gasteiger partial charge in [-0.25, -0.2) is 13.4 Å². The molecule has 0 radical (unpaired) electrons. The number of aromatic nitrogens is 1. The summed E-state index contributed by atoms with van der Waals surface area (Å²) in [5.41, 5.74) is 6.66. The highest BCUT2D eigenvalue weighted by Crippen LogP contribution is 2.31. The van der Waals surface area contributed by atoms with Gasteiger partial charge in [-0.05, 0) is 19.8 Å². The lowest BCUT2D eigenvalue weighted by atomic mass is 10.0. The minimum absolute atomic E-state index is 0.0441. The molecule has 1 atom stereocenters. The molecule has 90 valence electrons. The highest BCUT2D eigenvalue weighted by Gasteiger charge is 2.26. The molecular weight excluding hydrogens is 244 g/mol. The first kappa shape index (κ1) is 12.0. The first-order valence-electron chi connectivity index (χ1n) is 5.39. The van der Waals surface area contributed by atoms with Crippen molar-refractivity contribution in [3.8, 4) is 0 Å². The zero-order chi connectivity index (χ0) is 11.8.